The molecule has 0 N–H and O–H groups in total. The van der Waals surface area contributed by atoms with E-state index < -0.39 is 0 Å². The minimum Gasteiger partial charge on any atom is -0.287 e. The van der Waals surface area contributed by atoms with E-state index in [0.29, 0.717) is 26.9 Å². The van der Waals surface area contributed by atoms with Gasteiger partial charge in [-0.15, -0.1) is 0 Å². The van der Waals surface area contributed by atoms with Crippen LogP contribution in [0.3, 0.4) is 0 Å². The highest BCUT2D eigenvalue weighted by atomic mass is 35.5. The molecular weight excluding hydrogens is 345 g/mol. The molecular formula is C18H17Cl2N3O. The highest BCUT2D eigenvalue weighted by Gasteiger charge is 2.17. The van der Waals surface area contributed by atoms with Gasteiger partial charge in [-0.2, -0.15) is 0 Å². The number of halogens is 2. The summed E-state index contributed by atoms with van der Waals surface area (Å²) in [6, 6.07) is 7.23. The van der Waals surface area contributed by atoms with Crippen molar-refractivity contribution in [3.63, 3.8) is 0 Å². The Kier molecular flexibility index (Phi) is 4.61. The number of fused-ring (bicyclic) bond motifs is 1. The van der Waals surface area contributed by atoms with Crippen LogP contribution in [-0.2, 0) is 0 Å². The molecule has 0 radical (unpaired) electrons. The summed E-state index contributed by atoms with van der Waals surface area (Å²) in [4.78, 5) is 21.5. The zero-order valence-corrected chi connectivity index (χ0v) is 15.2. The van der Waals surface area contributed by atoms with Crippen molar-refractivity contribution in [3.8, 4) is 11.1 Å². The number of benzene rings is 1. The van der Waals surface area contributed by atoms with Crippen molar-refractivity contribution < 1.29 is 0 Å². The molecule has 0 aliphatic heterocycles. The molecule has 0 bridgehead atoms. The molecule has 24 heavy (non-hydrogen) atoms. The standard InChI is InChI=1S/C18H17Cl2N3O/c1-4-10(2)23-17-16(22-11(3)18(23)24)14(7-8-21-17)13-6-5-12(19)9-15(13)20/h5-10H,4H2,1-3H3/t10-/m0/s1. The Balaban J connectivity index is 2.40. The summed E-state index contributed by atoms with van der Waals surface area (Å²) in [5.74, 6) is 0. The summed E-state index contributed by atoms with van der Waals surface area (Å²) in [6.45, 7) is 5.77. The zero-order chi connectivity index (χ0) is 17.4. The van der Waals surface area contributed by atoms with Gasteiger partial charge in [-0.1, -0.05) is 36.2 Å². The Morgan fingerprint density at radius 2 is 1.96 bits per heavy atom. The molecule has 2 heterocycles. The van der Waals surface area contributed by atoms with E-state index >= 15 is 0 Å². The van der Waals surface area contributed by atoms with E-state index in [9.17, 15) is 4.79 Å². The van der Waals surface area contributed by atoms with E-state index in [4.69, 9.17) is 23.2 Å². The van der Waals surface area contributed by atoms with Crippen molar-refractivity contribution in [2.75, 3.05) is 0 Å². The van der Waals surface area contributed by atoms with Gasteiger partial charge in [-0.05, 0) is 38.5 Å². The number of aromatic nitrogens is 3. The second-order valence-corrected chi connectivity index (χ2v) is 6.63. The predicted molar refractivity (Wildman–Crippen MR) is 99.0 cm³/mol. The van der Waals surface area contributed by atoms with Crippen molar-refractivity contribution in [3.05, 3.63) is 56.6 Å². The molecule has 0 fully saturated rings. The van der Waals surface area contributed by atoms with Crippen LogP contribution in [0.25, 0.3) is 22.3 Å². The fourth-order valence-corrected chi connectivity index (χ4v) is 3.24. The van der Waals surface area contributed by atoms with E-state index in [2.05, 4.69) is 9.97 Å². The van der Waals surface area contributed by atoms with Gasteiger partial charge in [-0.25, -0.2) is 9.97 Å². The van der Waals surface area contributed by atoms with E-state index in [1.807, 2.05) is 26.0 Å². The quantitative estimate of drug-likeness (QED) is 0.655. The Morgan fingerprint density at radius 3 is 2.62 bits per heavy atom. The molecule has 0 saturated carbocycles. The molecule has 0 aliphatic carbocycles. The van der Waals surface area contributed by atoms with E-state index in [0.717, 1.165) is 17.5 Å². The third kappa shape index (κ3) is 2.80. The summed E-state index contributed by atoms with van der Waals surface area (Å²) >= 11 is 12.4. The second kappa shape index (κ2) is 6.54. The van der Waals surface area contributed by atoms with Gasteiger partial charge in [0.05, 0.1) is 0 Å². The Labute approximate surface area is 150 Å². The lowest BCUT2D eigenvalue weighted by molar-refractivity contribution is 0.523. The first-order valence-electron chi connectivity index (χ1n) is 7.77. The summed E-state index contributed by atoms with van der Waals surface area (Å²) in [5.41, 5.74) is 3.23. The summed E-state index contributed by atoms with van der Waals surface area (Å²) in [7, 11) is 0. The average Bonchev–Trinajstić information content (AvgIpc) is 2.55. The van der Waals surface area contributed by atoms with E-state index in [1.165, 1.54) is 0 Å². The monoisotopic (exact) mass is 361 g/mol. The van der Waals surface area contributed by atoms with Gasteiger partial charge in [-0.3, -0.25) is 9.36 Å². The van der Waals surface area contributed by atoms with Crippen LogP contribution in [0.2, 0.25) is 10.0 Å². The molecule has 1 atom stereocenters. The van der Waals surface area contributed by atoms with Gasteiger partial charge in [0.25, 0.3) is 5.56 Å². The van der Waals surface area contributed by atoms with Crippen LogP contribution in [0.4, 0.5) is 0 Å². The van der Waals surface area contributed by atoms with Gasteiger partial charge in [0.1, 0.15) is 11.2 Å². The number of rotatable bonds is 3. The van der Waals surface area contributed by atoms with Crippen molar-refractivity contribution in [2.45, 2.75) is 33.2 Å². The SMILES string of the molecule is CC[C@H](C)n1c(=O)c(C)nc2c(-c3ccc(Cl)cc3Cl)ccnc21. The maximum Gasteiger partial charge on any atom is 0.273 e. The number of hydrogen-bond acceptors (Lipinski definition) is 3. The molecule has 3 rings (SSSR count). The molecule has 4 nitrogen and oxygen atoms in total. The topological polar surface area (TPSA) is 47.8 Å². The predicted octanol–water partition coefficient (Wildman–Crippen LogP) is 5.04. The largest absolute Gasteiger partial charge is 0.287 e. The molecule has 0 spiro atoms. The third-order valence-corrected chi connectivity index (χ3v) is 4.74. The van der Waals surface area contributed by atoms with Crippen molar-refractivity contribution >= 4 is 34.4 Å². The van der Waals surface area contributed by atoms with Crippen LogP contribution in [0.1, 0.15) is 32.0 Å². The summed E-state index contributed by atoms with van der Waals surface area (Å²) < 4.78 is 1.71. The number of pyridine rings is 1. The smallest absolute Gasteiger partial charge is 0.273 e. The van der Waals surface area contributed by atoms with Crippen LogP contribution < -0.4 is 5.56 Å². The molecule has 3 aromatic rings. The van der Waals surface area contributed by atoms with E-state index in [1.54, 1.807) is 29.8 Å². The highest BCUT2D eigenvalue weighted by molar-refractivity contribution is 6.36. The molecule has 124 valence electrons. The number of hydrogen-bond donors (Lipinski definition) is 0. The van der Waals surface area contributed by atoms with Gasteiger partial charge >= 0.3 is 0 Å². The summed E-state index contributed by atoms with van der Waals surface area (Å²) in [5, 5.41) is 1.11. The van der Waals surface area contributed by atoms with Crippen molar-refractivity contribution in [1.82, 2.24) is 14.5 Å². The van der Waals surface area contributed by atoms with Crippen molar-refractivity contribution in [1.29, 1.82) is 0 Å². The van der Waals surface area contributed by atoms with Crippen LogP contribution in [0.15, 0.2) is 35.3 Å². The Hall–Kier alpha value is -1.91. The summed E-state index contributed by atoms with van der Waals surface area (Å²) in [6.07, 6.45) is 2.50. The normalized spacial score (nSPS) is 12.5. The van der Waals surface area contributed by atoms with Gasteiger partial charge in [0.2, 0.25) is 0 Å². The molecule has 0 aliphatic rings. The molecule has 0 amide bonds. The maximum atomic E-state index is 12.6. The first-order chi connectivity index (χ1) is 11.4. The lowest BCUT2D eigenvalue weighted by atomic mass is 10.1. The van der Waals surface area contributed by atoms with Crippen LogP contribution in [-0.4, -0.2) is 14.5 Å². The zero-order valence-electron chi connectivity index (χ0n) is 13.7. The molecule has 0 unspecified atom stereocenters. The lowest BCUT2D eigenvalue weighted by Gasteiger charge is -2.17. The van der Waals surface area contributed by atoms with Gasteiger partial charge < -0.3 is 0 Å². The van der Waals surface area contributed by atoms with Crippen LogP contribution in [0.5, 0.6) is 0 Å². The van der Waals surface area contributed by atoms with Gasteiger partial charge in [0.15, 0.2) is 5.65 Å². The van der Waals surface area contributed by atoms with Crippen LogP contribution in [0, 0.1) is 6.92 Å². The Bertz CT molecular complexity index is 982. The van der Waals surface area contributed by atoms with Crippen molar-refractivity contribution in [2.24, 2.45) is 0 Å². The molecule has 0 saturated heterocycles. The fraction of sp³-hybridized carbons (Fsp3) is 0.278. The average molecular weight is 362 g/mol. The minimum absolute atomic E-state index is 0.0325. The van der Waals surface area contributed by atoms with E-state index in [-0.39, 0.29) is 11.6 Å². The van der Waals surface area contributed by atoms with Gasteiger partial charge in [0, 0.05) is 33.4 Å². The Morgan fingerprint density at radius 1 is 1.21 bits per heavy atom. The first kappa shape index (κ1) is 16.9. The molecule has 2 aromatic heterocycles. The maximum absolute atomic E-state index is 12.6. The lowest BCUT2D eigenvalue weighted by Crippen LogP contribution is -2.27. The fourth-order valence-electron chi connectivity index (χ4n) is 2.73. The first-order valence-corrected chi connectivity index (χ1v) is 8.53. The number of nitrogens with zero attached hydrogens (tertiary/aromatic N) is 3. The molecule has 6 heteroatoms. The third-order valence-electron chi connectivity index (χ3n) is 4.19. The highest BCUT2D eigenvalue weighted by Crippen LogP contribution is 2.33. The molecule has 1 aromatic carbocycles. The second-order valence-electron chi connectivity index (χ2n) is 5.78. The number of aryl methyl sites for hydroxylation is 1. The van der Waals surface area contributed by atoms with Crippen LogP contribution >= 0.6 is 23.2 Å². The minimum atomic E-state index is -0.108.